The van der Waals surface area contributed by atoms with E-state index in [1.807, 2.05) is 0 Å². The van der Waals surface area contributed by atoms with Gasteiger partial charge in [0.2, 0.25) is 5.78 Å². The summed E-state index contributed by atoms with van der Waals surface area (Å²) >= 11 is 7.54. The molecule has 136 valence electrons. The van der Waals surface area contributed by atoms with Gasteiger partial charge in [-0.1, -0.05) is 11.6 Å². The molecular weight excluding hydrogens is 398 g/mol. The van der Waals surface area contributed by atoms with Gasteiger partial charge in [0.1, 0.15) is 10.6 Å². The minimum Gasteiger partial charge on any atom is -0.515 e. The van der Waals surface area contributed by atoms with Crippen LogP contribution < -0.4 is 0 Å². The Kier molecular flexibility index (Phi) is 5.01. The summed E-state index contributed by atoms with van der Waals surface area (Å²) in [6, 6.07) is 2.52. The highest BCUT2D eigenvalue weighted by atomic mass is 35.5. The molecule has 2 aromatic rings. The smallest absolute Gasteiger partial charge is 0.201 e. The van der Waals surface area contributed by atoms with Crippen LogP contribution in [0.3, 0.4) is 0 Å². The third-order valence-electron chi connectivity index (χ3n) is 3.98. The zero-order chi connectivity index (χ0) is 19.1. The summed E-state index contributed by atoms with van der Waals surface area (Å²) in [6.45, 7) is 0. The zero-order valence-electron chi connectivity index (χ0n) is 13.6. The number of ketones is 2. The summed E-state index contributed by atoms with van der Waals surface area (Å²) < 4.78 is 24.2. The van der Waals surface area contributed by atoms with Crippen LogP contribution in [-0.2, 0) is 14.6 Å². The Bertz CT molecular complexity index is 1020. The second-order valence-corrected chi connectivity index (χ2v) is 9.18. The minimum absolute atomic E-state index is 0.0569. The molecule has 1 aliphatic carbocycles. The van der Waals surface area contributed by atoms with Gasteiger partial charge in [-0.25, -0.2) is 13.4 Å². The molecule has 0 aliphatic heterocycles. The van der Waals surface area contributed by atoms with Gasteiger partial charge in [0, 0.05) is 34.9 Å². The maximum absolute atomic E-state index is 12.8. The van der Waals surface area contributed by atoms with Crippen molar-refractivity contribution in [3.63, 3.8) is 0 Å². The molecule has 1 saturated carbocycles. The van der Waals surface area contributed by atoms with Crippen molar-refractivity contribution >= 4 is 44.3 Å². The van der Waals surface area contributed by atoms with Gasteiger partial charge in [-0.3, -0.25) is 9.59 Å². The highest BCUT2D eigenvalue weighted by Gasteiger charge is 2.36. The van der Waals surface area contributed by atoms with E-state index >= 15 is 0 Å². The number of halogens is 1. The Morgan fingerprint density at radius 3 is 2.54 bits per heavy atom. The van der Waals surface area contributed by atoms with Crippen molar-refractivity contribution in [2.45, 2.75) is 17.7 Å². The van der Waals surface area contributed by atoms with E-state index in [0.717, 1.165) is 6.26 Å². The molecule has 9 heteroatoms. The number of carbonyl (C=O) groups excluding carboxylic acids is 2. The summed E-state index contributed by atoms with van der Waals surface area (Å²) in [5.74, 6) is -1.44. The Balaban J connectivity index is 2.16. The van der Waals surface area contributed by atoms with Gasteiger partial charge in [0.05, 0.1) is 16.2 Å². The zero-order valence-corrected chi connectivity index (χ0v) is 16.0. The van der Waals surface area contributed by atoms with Crippen LogP contribution in [0.1, 0.15) is 23.2 Å². The molecule has 0 saturated heterocycles. The molecule has 1 fully saturated rings. The van der Waals surface area contributed by atoms with E-state index in [1.165, 1.54) is 29.7 Å². The molecule has 0 bridgehead atoms. The molecule has 0 amide bonds. The number of sulfone groups is 1. The summed E-state index contributed by atoms with van der Waals surface area (Å²) in [7, 11) is -3.63. The third-order valence-corrected chi connectivity index (χ3v) is 6.30. The first-order valence-corrected chi connectivity index (χ1v) is 10.8. The number of Topliss-reactive ketones (excluding diaryl/α,β-unsaturated/α-hetero) is 2. The van der Waals surface area contributed by atoms with Gasteiger partial charge in [-0.15, -0.1) is 11.3 Å². The average Bonchev–Trinajstić information content (AvgIpc) is 3.29. The second-order valence-electron chi connectivity index (χ2n) is 5.92. The summed E-state index contributed by atoms with van der Waals surface area (Å²) in [6.07, 6.45) is 4.37. The maximum Gasteiger partial charge on any atom is 0.201 e. The van der Waals surface area contributed by atoms with Gasteiger partial charge in [-0.2, -0.15) is 0 Å². The van der Waals surface area contributed by atoms with Gasteiger partial charge in [0.25, 0.3) is 0 Å². The van der Waals surface area contributed by atoms with E-state index in [4.69, 9.17) is 11.6 Å². The van der Waals surface area contributed by atoms with Gasteiger partial charge < -0.3 is 5.11 Å². The SMILES string of the molecule is CS(=O)(=O)c1ccc(C(=O)C(=CO)C(=O)C2CC2)c(Cl)c1-c1nccs1. The largest absolute Gasteiger partial charge is 0.515 e. The molecule has 1 N–H and O–H groups in total. The number of benzene rings is 1. The number of allylic oxidation sites excluding steroid dienone is 1. The van der Waals surface area contributed by atoms with Crippen LogP contribution in [0.5, 0.6) is 0 Å². The summed E-state index contributed by atoms with van der Waals surface area (Å²) in [5.41, 5.74) is -0.295. The molecule has 26 heavy (non-hydrogen) atoms. The monoisotopic (exact) mass is 411 g/mol. The summed E-state index contributed by atoms with van der Waals surface area (Å²) in [4.78, 5) is 29.0. The van der Waals surface area contributed by atoms with Crippen molar-refractivity contribution in [1.82, 2.24) is 4.98 Å². The molecule has 0 spiro atoms. The number of hydrogen-bond donors (Lipinski definition) is 1. The molecule has 6 nitrogen and oxygen atoms in total. The molecule has 0 radical (unpaired) electrons. The molecular formula is C17H14ClNO5S2. The van der Waals surface area contributed by atoms with Gasteiger partial charge in [0.15, 0.2) is 15.6 Å². The third kappa shape index (κ3) is 3.44. The van der Waals surface area contributed by atoms with Crippen molar-refractivity contribution in [1.29, 1.82) is 0 Å². The molecule has 1 aromatic heterocycles. The van der Waals surface area contributed by atoms with Crippen LogP contribution in [0, 0.1) is 5.92 Å². The lowest BCUT2D eigenvalue weighted by molar-refractivity contribution is -0.116. The Labute approximate surface area is 159 Å². The van der Waals surface area contributed by atoms with Crippen LogP contribution in [0.2, 0.25) is 5.02 Å². The number of aliphatic hydroxyl groups excluding tert-OH is 1. The van der Waals surface area contributed by atoms with Crippen molar-refractivity contribution in [2.24, 2.45) is 5.92 Å². The topological polar surface area (TPSA) is 101 Å². The van der Waals surface area contributed by atoms with E-state index in [2.05, 4.69) is 4.98 Å². The first-order valence-electron chi connectivity index (χ1n) is 7.61. The lowest BCUT2D eigenvalue weighted by Gasteiger charge is -2.12. The van der Waals surface area contributed by atoms with Crippen LogP contribution >= 0.6 is 22.9 Å². The number of hydrogen-bond acceptors (Lipinski definition) is 7. The lowest BCUT2D eigenvalue weighted by atomic mass is 9.97. The standard InChI is InChI=1S/C17H14ClNO5S2/c1-26(23,24)12-5-4-10(14(18)13(12)17-19-6-7-25-17)16(22)11(8-20)15(21)9-2-3-9/h4-9,20H,2-3H2,1H3. The second kappa shape index (κ2) is 6.94. The van der Waals surface area contributed by atoms with Gasteiger partial charge in [-0.05, 0) is 25.0 Å². The minimum atomic E-state index is -3.63. The van der Waals surface area contributed by atoms with Gasteiger partial charge >= 0.3 is 0 Å². The number of thiazole rings is 1. The highest BCUT2D eigenvalue weighted by Crippen LogP contribution is 2.39. The fourth-order valence-electron chi connectivity index (χ4n) is 2.53. The van der Waals surface area contributed by atoms with Crippen molar-refractivity contribution < 1.29 is 23.1 Å². The molecule has 1 aromatic carbocycles. The maximum atomic E-state index is 12.8. The molecule has 1 aliphatic rings. The number of nitrogens with zero attached hydrogens (tertiary/aromatic N) is 1. The average molecular weight is 412 g/mol. The molecule has 0 unspecified atom stereocenters. The van der Waals surface area contributed by atoms with Crippen LogP contribution in [0.25, 0.3) is 10.6 Å². The normalized spacial score (nSPS) is 15.1. The van der Waals surface area contributed by atoms with Crippen molar-refractivity contribution in [3.8, 4) is 10.6 Å². The number of aliphatic hydroxyl groups is 1. The van der Waals surface area contributed by atoms with E-state index in [9.17, 15) is 23.1 Å². The molecule has 0 atom stereocenters. The first kappa shape index (κ1) is 18.8. The fraction of sp³-hybridized carbons (Fsp3) is 0.235. The van der Waals surface area contributed by atoms with Crippen molar-refractivity contribution in [3.05, 3.63) is 46.1 Å². The van der Waals surface area contributed by atoms with Crippen LogP contribution in [0.4, 0.5) is 0 Å². The number of carbonyl (C=O) groups is 2. The van der Waals surface area contributed by atoms with E-state index in [-0.39, 0.29) is 32.5 Å². The number of rotatable bonds is 6. The predicted molar refractivity (Wildman–Crippen MR) is 98.4 cm³/mol. The van der Waals surface area contributed by atoms with E-state index in [0.29, 0.717) is 24.1 Å². The molecule has 1 heterocycles. The lowest BCUT2D eigenvalue weighted by Crippen LogP contribution is -2.16. The first-order chi connectivity index (χ1) is 12.3. The van der Waals surface area contributed by atoms with E-state index in [1.54, 1.807) is 5.38 Å². The predicted octanol–water partition coefficient (Wildman–Crippen LogP) is 3.47. The van der Waals surface area contributed by atoms with E-state index < -0.39 is 21.4 Å². The Hall–Kier alpha value is -2.03. The fourth-order valence-corrected chi connectivity index (χ4v) is 4.64. The Morgan fingerprint density at radius 1 is 1.35 bits per heavy atom. The Morgan fingerprint density at radius 2 is 2.04 bits per heavy atom. The highest BCUT2D eigenvalue weighted by molar-refractivity contribution is 7.90. The summed E-state index contributed by atoms with van der Waals surface area (Å²) in [5, 5.41) is 11.3. The quantitative estimate of drug-likeness (QED) is 0.257. The van der Waals surface area contributed by atoms with Crippen molar-refractivity contribution in [2.75, 3.05) is 6.26 Å². The number of aromatic nitrogens is 1. The van der Waals surface area contributed by atoms with Crippen LogP contribution in [0.15, 0.2) is 40.4 Å². The van der Waals surface area contributed by atoms with Crippen LogP contribution in [-0.4, -0.2) is 36.3 Å². The molecule has 3 rings (SSSR count).